The summed E-state index contributed by atoms with van der Waals surface area (Å²) in [6, 6.07) is 6.70. The van der Waals surface area contributed by atoms with Crippen molar-refractivity contribution in [2.75, 3.05) is 6.61 Å². The third-order valence-corrected chi connectivity index (χ3v) is 7.08. The van der Waals surface area contributed by atoms with Gasteiger partial charge in [0.1, 0.15) is 29.7 Å². The van der Waals surface area contributed by atoms with E-state index in [0.29, 0.717) is 12.5 Å². The molecule has 1 aliphatic heterocycles. The average molecular weight is 458 g/mol. The molecule has 176 valence electrons. The van der Waals surface area contributed by atoms with Crippen LogP contribution in [0, 0.1) is 6.92 Å². The summed E-state index contributed by atoms with van der Waals surface area (Å²) < 4.78 is 12.4. The highest BCUT2D eigenvalue weighted by atomic mass is 16.5. The lowest BCUT2D eigenvalue weighted by Gasteiger charge is -2.14. The highest BCUT2D eigenvalue weighted by Gasteiger charge is 2.26. The van der Waals surface area contributed by atoms with Crippen molar-refractivity contribution in [3.05, 3.63) is 42.1 Å². The Hall–Kier alpha value is -3.42. The van der Waals surface area contributed by atoms with Gasteiger partial charge in [0.15, 0.2) is 5.82 Å². The fourth-order valence-electron chi connectivity index (χ4n) is 5.47. The largest absolute Gasteiger partial charge is 0.491 e. The van der Waals surface area contributed by atoms with Crippen LogP contribution in [0.1, 0.15) is 63.0 Å². The summed E-state index contributed by atoms with van der Waals surface area (Å²) in [5.74, 6) is 3.94. The summed E-state index contributed by atoms with van der Waals surface area (Å²) >= 11 is 0. The van der Waals surface area contributed by atoms with Crippen LogP contribution in [0.25, 0.3) is 34.0 Å². The molecule has 8 heteroatoms. The monoisotopic (exact) mass is 457 g/mol. The third-order valence-electron chi connectivity index (χ3n) is 7.08. The highest BCUT2D eigenvalue weighted by molar-refractivity contribution is 5.76. The fraction of sp³-hybridized carbons (Fsp3) is 0.462. The number of imidazole rings is 1. The van der Waals surface area contributed by atoms with Gasteiger partial charge in [-0.25, -0.2) is 14.6 Å². The van der Waals surface area contributed by atoms with Gasteiger partial charge >= 0.3 is 0 Å². The molecular formula is C26H31N7O. The molecule has 1 saturated carbocycles. The standard InChI is InChI=1S/C26H31N7O/c1-16(2)33-26(28-17(3)30-33)22-15-32-11-12-34-23-13-19(9-10-20(23)25(32)29-22)21-14-27-31(4)24(21)18-7-5-6-8-18/h9-10,13-16,18H,5-8,11-12H2,1-4H3. The van der Waals surface area contributed by atoms with Gasteiger partial charge < -0.3 is 9.30 Å². The van der Waals surface area contributed by atoms with E-state index in [1.54, 1.807) is 0 Å². The molecule has 0 atom stereocenters. The normalized spacial score (nSPS) is 15.9. The number of ether oxygens (including phenoxy) is 1. The van der Waals surface area contributed by atoms with Crippen molar-refractivity contribution in [2.24, 2.45) is 7.05 Å². The number of nitrogens with zero attached hydrogens (tertiary/aromatic N) is 7. The van der Waals surface area contributed by atoms with Crippen molar-refractivity contribution in [3.63, 3.8) is 0 Å². The van der Waals surface area contributed by atoms with Crippen LogP contribution >= 0.6 is 0 Å². The van der Waals surface area contributed by atoms with E-state index in [1.165, 1.54) is 36.9 Å². The van der Waals surface area contributed by atoms with Crippen molar-refractivity contribution in [2.45, 2.75) is 65.0 Å². The number of fused-ring (bicyclic) bond motifs is 3. The topological polar surface area (TPSA) is 75.6 Å². The maximum Gasteiger partial charge on any atom is 0.178 e. The molecule has 3 aromatic heterocycles. The predicted molar refractivity (Wildman–Crippen MR) is 131 cm³/mol. The van der Waals surface area contributed by atoms with E-state index >= 15 is 0 Å². The number of aromatic nitrogens is 7. The van der Waals surface area contributed by atoms with Gasteiger partial charge in [-0.15, -0.1) is 0 Å². The summed E-state index contributed by atoms with van der Waals surface area (Å²) in [6.07, 6.45) is 9.17. The van der Waals surface area contributed by atoms with Crippen molar-refractivity contribution >= 4 is 0 Å². The van der Waals surface area contributed by atoms with Gasteiger partial charge in [0.2, 0.25) is 0 Å². The zero-order valence-corrected chi connectivity index (χ0v) is 20.3. The molecule has 0 N–H and O–H groups in total. The number of aryl methyl sites for hydroxylation is 2. The Labute approximate surface area is 199 Å². The Morgan fingerprint density at radius 1 is 1.06 bits per heavy atom. The van der Waals surface area contributed by atoms with E-state index in [4.69, 9.17) is 9.72 Å². The summed E-state index contributed by atoms with van der Waals surface area (Å²) in [7, 11) is 2.06. The third kappa shape index (κ3) is 3.43. The number of hydrogen-bond acceptors (Lipinski definition) is 5. The second-order valence-corrected chi connectivity index (χ2v) is 9.77. The molecule has 0 saturated heterocycles. The van der Waals surface area contributed by atoms with Crippen LogP contribution in [0.2, 0.25) is 0 Å². The molecule has 0 unspecified atom stereocenters. The molecule has 4 aromatic rings. The van der Waals surface area contributed by atoms with Crippen LogP contribution in [-0.4, -0.2) is 40.7 Å². The van der Waals surface area contributed by atoms with E-state index in [1.807, 2.05) is 17.8 Å². The summed E-state index contributed by atoms with van der Waals surface area (Å²) in [5.41, 5.74) is 5.57. The summed E-state index contributed by atoms with van der Waals surface area (Å²) in [5, 5.41) is 9.18. The lowest BCUT2D eigenvalue weighted by Crippen LogP contribution is -2.06. The van der Waals surface area contributed by atoms with Gasteiger partial charge in [0, 0.05) is 36.5 Å². The van der Waals surface area contributed by atoms with Gasteiger partial charge in [-0.05, 0) is 51.3 Å². The van der Waals surface area contributed by atoms with Crippen molar-refractivity contribution in [1.29, 1.82) is 0 Å². The lowest BCUT2D eigenvalue weighted by molar-refractivity contribution is 0.307. The molecule has 0 spiro atoms. The minimum atomic E-state index is 0.212. The molecule has 0 amide bonds. The van der Waals surface area contributed by atoms with Gasteiger partial charge in [0.25, 0.3) is 0 Å². The zero-order chi connectivity index (χ0) is 23.4. The molecular weight excluding hydrogens is 426 g/mol. The molecule has 2 aliphatic rings. The molecule has 8 nitrogen and oxygen atoms in total. The molecule has 1 aliphatic carbocycles. The molecule has 1 fully saturated rings. The number of benzene rings is 1. The van der Waals surface area contributed by atoms with E-state index in [2.05, 4.69) is 69.7 Å². The number of hydrogen-bond donors (Lipinski definition) is 0. The van der Waals surface area contributed by atoms with Crippen molar-refractivity contribution < 1.29 is 4.74 Å². The van der Waals surface area contributed by atoms with Crippen molar-refractivity contribution in [1.82, 2.24) is 34.1 Å². The van der Waals surface area contributed by atoms with Gasteiger partial charge in [0.05, 0.1) is 18.3 Å². The lowest BCUT2D eigenvalue weighted by atomic mass is 9.95. The van der Waals surface area contributed by atoms with Gasteiger partial charge in [-0.2, -0.15) is 10.2 Å². The van der Waals surface area contributed by atoms with Crippen LogP contribution < -0.4 is 4.74 Å². The average Bonchev–Trinajstić information content (AvgIpc) is 3.59. The Balaban J connectivity index is 1.41. The molecule has 34 heavy (non-hydrogen) atoms. The minimum absolute atomic E-state index is 0.212. The maximum atomic E-state index is 6.21. The SMILES string of the molecule is Cc1nc(-c2cn3c(n2)-c2ccc(-c4cnn(C)c4C4CCCC4)cc2OCC3)n(C(C)C)n1. The predicted octanol–water partition coefficient (Wildman–Crippen LogP) is 5.15. The quantitative estimate of drug-likeness (QED) is 0.424. The Kier molecular flexibility index (Phi) is 5.04. The molecule has 1 aromatic carbocycles. The van der Waals surface area contributed by atoms with Crippen LogP contribution in [0.3, 0.4) is 0 Å². The first-order valence-corrected chi connectivity index (χ1v) is 12.3. The first-order valence-electron chi connectivity index (χ1n) is 12.3. The second kappa shape index (κ2) is 8.11. The van der Waals surface area contributed by atoms with Gasteiger partial charge in [-0.3, -0.25) is 4.68 Å². The van der Waals surface area contributed by atoms with Crippen LogP contribution in [0.4, 0.5) is 0 Å². The zero-order valence-electron chi connectivity index (χ0n) is 20.3. The Bertz CT molecular complexity index is 1350. The fourth-order valence-corrected chi connectivity index (χ4v) is 5.47. The van der Waals surface area contributed by atoms with E-state index in [-0.39, 0.29) is 6.04 Å². The Morgan fingerprint density at radius 3 is 2.68 bits per heavy atom. The molecule has 4 heterocycles. The number of rotatable bonds is 4. The molecule has 0 bridgehead atoms. The first kappa shape index (κ1) is 21.1. The summed E-state index contributed by atoms with van der Waals surface area (Å²) in [6.45, 7) is 7.48. The van der Waals surface area contributed by atoms with Crippen LogP contribution in [0.5, 0.6) is 5.75 Å². The van der Waals surface area contributed by atoms with Crippen molar-refractivity contribution in [3.8, 4) is 39.8 Å². The minimum Gasteiger partial charge on any atom is -0.491 e. The van der Waals surface area contributed by atoms with Gasteiger partial charge in [-0.1, -0.05) is 18.9 Å². The highest BCUT2D eigenvalue weighted by Crippen LogP contribution is 2.42. The maximum absolute atomic E-state index is 6.21. The smallest absolute Gasteiger partial charge is 0.178 e. The van der Waals surface area contributed by atoms with E-state index in [0.717, 1.165) is 46.6 Å². The van der Waals surface area contributed by atoms with E-state index < -0.39 is 0 Å². The van der Waals surface area contributed by atoms with E-state index in [9.17, 15) is 0 Å². The molecule has 0 radical (unpaired) electrons. The Morgan fingerprint density at radius 2 is 1.88 bits per heavy atom. The van der Waals surface area contributed by atoms with Crippen LogP contribution in [0.15, 0.2) is 30.6 Å². The second-order valence-electron chi connectivity index (χ2n) is 9.77. The summed E-state index contributed by atoms with van der Waals surface area (Å²) in [4.78, 5) is 9.67. The first-order chi connectivity index (χ1) is 16.5. The van der Waals surface area contributed by atoms with Crippen LogP contribution in [-0.2, 0) is 13.6 Å². The molecule has 6 rings (SSSR count).